The van der Waals surface area contributed by atoms with Crippen molar-refractivity contribution in [3.05, 3.63) is 17.0 Å². The van der Waals surface area contributed by atoms with E-state index in [1.807, 2.05) is 20.8 Å². The van der Waals surface area contributed by atoms with Crippen molar-refractivity contribution in [2.75, 3.05) is 25.6 Å². The summed E-state index contributed by atoms with van der Waals surface area (Å²) in [4.78, 5) is 7.95. The molecule has 92 valence electrons. The van der Waals surface area contributed by atoms with Crippen LogP contribution in [0, 0.1) is 6.92 Å². The molecule has 1 N–H and O–H groups in total. The summed E-state index contributed by atoms with van der Waals surface area (Å²) in [6, 6.07) is 0. The van der Waals surface area contributed by atoms with Crippen molar-refractivity contribution >= 4 is 17.4 Å². The van der Waals surface area contributed by atoms with Gasteiger partial charge in [-0.3, -0.25) is 0 Å². The van der Waals surface area contributed by atoms with E-state index in [9.17, 15) is 0 Å². The number of hydrogen-bond donors (Lipinski definition) is 1. The zero-order chi connectivity index (χ0) is 12.4. The van der Waals surface area contributed by atoms with Crippen molar-refractivity contribution in [3.63, 3.8) is 0 Å². The Morgan fingerprint density at radius 2 is 2.12 bits per heavy atom. The van der Waals surface area contributed by atoms with Gasteiger partial charge < -0.3 is 10.1 Å². The topological polar surface area (TPSA) is 47.0 Å². The molecule has 0 saturated carbocycles. The molecule has 0 unspecified atom stereocenters. The SMILES string of the molecule is CC.COCCCNc1nc(Cl)ncc1C. The van der Waals surface area contributed by atoms with E-state index < -0.39 is 0 Å². The number of hydrogen-bond acceptors (Lipinski definition) is 4. The predicted octanol–water partition coefficient (Wildman–Crippen LogP) is 2.91. The largest absolute Gasteiger partial charge is 0.385 e. The van der Waals surface area contributed by atoms with Crippen LogP contribution in [-0.4, -0.2) is 30.2 Å². The van der Waals surface area contributed by atoms with E-state index in [1.54, 1.807) is 13.3 Å². The van der Waals surface area contributed by atoms with E-state index in [2.05, 4.69) is 15.3 Å². The molecule has 0 spiro atoms. The third kappa shape index (κ3) is 5.88. The van der Waals surface area contributed by atoms with Crippen molar-refractivity contribution < 1.29 is 4.74 Å². The molecule has 0 amide bonds. The van der Waals surface area contributed by atoms with Gasteiger partial charge in [0.2, 0.25) is 5.28 Å². The minimum atomic E-state index is 0.268. The Balaban J connectivity index is 0.00000106. The molecule has 16 heavy (non-hydrogen) atoms. The van der Waals surface area contributed by atoms with Gasteiger partial charge in [-0.25, -0.2) is 9.97 Å². The number of nitrogens with zero attached hydrogens (tertiary/aromatic N) is 2. The van der Waals surface area contributed by atoms with Gasteiger partial charge in [-0.15, -0.1) is 0 Å². The highest BCUT2D eigenvalue weighted by atomic mass is 35.5. The third-order valence-electron chi connectivity index (χ3n) is 1.76. The van der Waals surface area contributed by atoms with Crippen LogP contribution in [0.15, 0.2) is 6.20 Å². The molecule has 0 aliphatic rings. The number of anilines is 1. The summed E-state index contributed by atoms with van der Waals surface area (Å²) in [5.74, 6) is 0.793. The van der Waals surface area contributed by atoms with Gasteiger partial charge >= 0.3 is 0 Å². The quantitative estimate of drug-likeness (QED) is 0.640. The van der Waals surface area contributed by atoms with E-state index in [0.29, 0.717) is 0 Å². The lowest BCUT2D eigenvalue weighted by Crippen LogP contribution is -2.07. The maximum atomic E-state index is 5.67. The fraction of sp³-hybridized carbons (Fsp3) is 0.636. The maximum absolute atomic E-state index is 5.67. The molecule has 0 saturated heterocycles. The number of methoxy groups -OCH3 is 1. The second kappa shape index (κ2) is 9.36. The summed E-state index contributed by atoms with van der Waals surface area (Å²) in [7, 11) is 1.69. The monoisotopic (exact) mass is 245 g/mol. The minimum Gasteiger partial charge on any atom is -0.385 e. The number of halogens is 1. The number of aryl methyl sites for hydroxylation is 1. The zero-order valence-corrected chi connectivity index (χ0v) is 11.1. The van der Waals surface area contributed by atoms with Gasteiger partial charge in [-0.05, 0) is 24.9 Å². The summed E-state index contributed by atoms with van der Waals surface area (Å²) >= 11 is 5.67. The fourth-order valence-corrected chi connectivity index (χ4v) is 1.16. The average Bonchev–Trinajstić information content (AvgIpc) is 2.31. The third-order valence-corrected chi connectivity index (χ3v) is 1.94. The highest BCUT2D eigenvalue weighted by Crippen LogP contribution is 2.12. The van der Waals surface area contributed by atoms with Gasteiger partial charge in [0.25, 0.3) is 0 Å². The highest BCUT2D eigenvalue weighted by Gasteiger charge is 2.00. The lowest BCUT2D eigenvalue weighted by molar-refractivity contribution is 0.197. The second-order valence-corrected chi connectivity index (χ2v) is 3.28. The highest BCUT2D eigenvalue weighted by molar-refractivity contribution is 6.28. The van der Waals surface area contributed by atoms with E-state index in [1.165, 1.54) is 0 Å². The molecule has 5 heteroatoms. The van der Waals surface area contributed by atoms with Gasteiger partial charge in [-0.2, -0.15) is 0 Å². The standard InChI is InChI=1S/C9H14ClN3O.C2H6/c1-7-6-12-9(10)13-8(7)11-4-3-5-14-2;1-2/h6H,3-5H2,1-2H3,(H,11,12,13);1-2H3. The first kappa shape index (κ1) is 15.1. The summed E-state index contributed by atoms with van der Waals surface area (Å²) in [6.45, 7) is 7.50. The molecule has 1 heterocycles. The Morgan fingerprint density at radius 3 is 2.75 bits per heavy atom. The Labute approximate surface area is 102 Å². The lowest BCUT2D eigenvalue weighted by Gasteiger charge is -2.07. The van der Waals surface area contributed by atoms with Crippen molar-refractivity contribution in [1.82, 2.24) is 9.97 Å². The van der Waals surface area contributed by atoms with Crippen LogP contribution in [0.1, 0.15) is 25.8 Å². The number of rotatable bonds is 5. The summed E-state index contributed by atoms with van der Waals surface area (Å²) in [5.41, 5.74) is 0.992. The molecule has 1 rings (SSSR count). The van der Waals surface area contributed by atoms with E-state index in [4.69, 9.17) is 16.3 Å². The first-order valence-corrected chi connectivity index (χ1v) is 5.84. The molecule has 0 aromatic carbocycles. The van der Waals surface area contributed by atoms with E-state index in [-0.39, 0.29) is 5.28 Å². The van der Waals surface area contributed by atoms with Crippen LogP contribution >= 0.6 is 11.6 Å². The first-order chi connectivity index (χ1) is 7.74. The predicted molar refractivity (Wildman–Crippen MR) is 68.1 cm³/mol. The van der Waals surface area contributed by atoms with E-state index in [0.717, 1.165) is 31.0 Å². The Hall–Kier alpha value is -0.870. The molecule has 0 bridgehead atoms. The molecule has 1 aromatic heterocycles. The molecule has 0 aliphatic heterocycles. The molecule has 4 nitrogen and oxygen atoms in total. The first-order valence-electron chi connectivity index (χ1n) is 5.46. The Bertz CT molecular complexity index is 295. The molecule has 1 aromatic rings. The van der Waals surface area contributed by atoms with Gasteiger partial charge in [0, 0.05) is 32.0 Å². The molecule has 0 radical (unpaired) electrons. The van der Waals surface area contributed by atoms with Crippen LogP contribution in [-0.2, 0) is 4.74 Å². The molecule has 0 fully saturated rings. The van der Waals surface area contributed by atoms with Gasteiger partial charge in [0.15, 0.2) is 0 Å². The molecule has 0 atom stereocenters. The van der Waals surface area contributed by atoms with Crippen LogP contribution in [0.4, 0.5) is 5.82 Å². The second-order valence-electron chi connectivity index (χ2n) is 2.94. The van der Waals surface area contributed by atoms with Gasteiger partial charge in [-0.1, -0.05) is 13.8 Å². The zero-order valence-electron chi connectivity index (χ0n) is 10.4. The normalized spacial score (nSPS) is 9.31. The van der Waals surface area contributed by atoms with Crippen molar-refractivity contribution in [1.29, 1.82) is 0 Å². The van der Waals surface area contributed by atoms with Gasteiger partial charge in [0.1, 0.15) is 5.82 Å². The summed E-state index contributed by atoms with van der Waals surface area (Å²) in [6.07, 6.45) is 2.64. The number of nitrogens with one attached hydrogen (secondary N) is 1. The number of aromatic nitrogens is 2. The van der Waals surface area contributed by atoms with Crippen LogP contribution in [0.25, 0.3) is 0 Å². The fourth-order valence-electron chi connectivity index (χ4n) is 1.02. The van der Waals surface area contributed by atoms with Crippen LogP contribution in [0.5, 0.6) is 0 Å². The molecule has 0 aliphatic carbocycles. The summed E-state index contributed by atoms with van der Waals surface area (Å²) in [5, 5.41) is 3.44. The van der Waals surface area contributed by atoms with Crippen molar-refractivity contribution in [2.45, 2.75) is 27.2 Å². The summed E-state index contributed by atoms with van der Waals surface area (Å²) < 4.78 is 4.93. The Morgan fingerprint density at radius 1 is 1.44 bits per heavy atom. The van der Waals surface area contributed by atoms with Crippen LogP contribution in [0.2, 0.25) is 5.28 Å². The Kier molecular flexibility index (Phi) is 8.85. The molecular weight excluding hydrogens is 226 g/mol. The average molecular weight is 246 g/mol. The van der Waals surface area contributed by atoms with Gasteiger partial charge in [0.05, 0.1) is 0 Å². The van der Waals surface area contributed by atoms with Crippen LogP contribution < -0.4 is 5.32 Å². The molecular formula is C11H20ClN3O. The minimum absolute atomic E-state index is 0.268. The maximum Gasteiger partial charge on any atom is 0.224 e. The smallest absolute Gasteiger partial charge is 0.224 e. The number of ether oxygens (including phenoxy) is 1. The van der Waals surface area contributed by atoms with Crippen molar-refractivity contribution in [3.8, 4) is 0 Å². The lowest BCUT2D eigenvalue weighted by atomic mass is 10.3. The van der Waals surface area contributed by atoms with Crippen LogP contribution in [0.3, 0.4) is 0 Å². The van der Waals surface area contributed by atoms with Crippen molar-refractivity contribution in [2.24, 2.45) is 0 Å². The van der Waals surface area contributed by atoms with E-state index >= 15 is 0 Å².